The molecule has 0 atom stereocenters. The van der Waals surface area contributed by atoms with Gasteiger partial charge in [-0.3, -0.25) is 0 Å². The van der Waals surface area contributed by atoms with E-state index >= 15 is 0 Å². The normalized spacial score (nSPS) is 12.8. The van der Waals surface area contributed by atoms with Gasteiger partial charge in [0.1, 0.15) is 0 Å². The summed E-state index contributed by atoms with van der Waals surface area (Å²) in [5.74, 6) is 0. The highest BCUT2D eigenvalue weighted by Crippen LogP contribution is 2.37. The van der Waals surface area contributed by atoms with Gasteiger partial charge in [-0.15, -0.1) is 0 Å². The molecule has 0 aromatic heterocycles. The molecule has 1 aliphatic rings. The van der Waals surface area contributed by atoms with Crippen molar-refractivity contribution < 1.29 is 0 Å². The molecule has 1 aliphatic carbocycles. The summed E-state index contributed by atoms with van der Waals surface area (Å²) in [6, 6.07) is 15.4. The first-order valence-electron chi connectivity index (χ1n) is 5.98. The Morgan fingerprint density at radius 1 is 0.824 bits per heavy atom. The molecular weight excluding hydrogens is 204 g/mol. The monoisotopic (exact) mass is 216 g/mol. The van der Waals surface area contributed by atoms with Gasteiger partial charge in [0, 0.05) is 0 Å². The van der Waals surface area contributed by atoms with Gasteiger partial charge in [0.15, 0.2) is 0 Å². The van der Waals surface area contributed by atoms with Gasteiger partial charge in [0.2, 0.25) is 0 Å². The van der Waals surface area contributed by atoms with Gasteiger partial charge < -0.3 is 0 Å². The van der Waals surface area contributed by atoms with E-state index < -0.39 is 0 Å². The van der Waals surface area contributed by atoms with E-state index in [0.717, 1.165) is 0 Å². The zero-order valence-corrected chi connectivity index (χ0v) is 9.70. The maximum absolute atomic E-state index is 2.32. The highest BCUT2D eigenvalue weighted by atomic mass is 14.2. The second-order valence-electron chi connectivity index (χ2n) is 4.74. The molecule has 0 amide bonds. The second-order valence-corrected chi connectivity index (χ2v) is 4.74. The first kappa shape index (κ1) is 9.00. The molecule has 0 fully saturated rings. The molecule has 0 aliphatic heterocycles. The molecule has 80 valence electrons. The van der Waals surface area contributed by atoms with Crippen molar-refractivity contribution in [3.05, 3.63) is 59.2 Å². The predicted octanol–water partition coefficient (Wildman–Crippen LogP) is 4.79. The molecule has 0 N–H and O–H groups in total. The SMILES string of the molecule is Cc1cccc2c3c4c(cccc4cc12)C=C3. The van der Waals surface area contributed by atoms with E-state index in [1.807, 2.05) is 0 Å². The Bertz CT molecular complexity index is 792. The third kappa shape index (κ3) is 1.07. The Labute approximate surface area is 100 Å². The molecule has 0 nitrogen and oxygen atoms in total. The van der Waals surface area contributed by atoms with Crippen LogP contribution in [0.15, 0.2) is 42.5 Å². The number of hydrogen-bond acceptors (Lipinski definition) is 0. The first-order chi connectivity index (χ1) is 8.34. The lowest BCUT2D eigenvalue weighted by atomic mass is 9.95. The maximum atomic E-state index is 2.32. The number of rotatable bonds is 0. The summed E-state index contributed by atoms with van der Waals surface area (Å²) in [4.78, 5) is 0. The van der Waals surface area contributed by atoms with Crippen LogP contribution in [0.1, 0.15) is 16.7 Å². The van der Waals surface area contributed by atoms with Gasteiger partial charge in [-0.25, -0.2) is 0 Å². The fourth-order valence-electron chi connectivity index (χ4n) is 2.90. The average molecular weight is 216 g/mol. The van der Waals surface area contributed by atoms with E-state index in [4.69, 9.17) is 0 Å². The minimum atomic E-state index is 1.35. The molecule has 17 heavy (non-hydrogen) atoms. The Kier molecular flexibility index (Phi) is 1.58. The lowest BCUT2D eigenvalue weighted by molar-refractivity contribution is 1.54. The van der Waals surface area contributed by atoms with Gasteiger partial charge in [0.25, 0.3) is 0 Å². The lowest BCUT2D eigenvalue weighted by Crippen LogP contribution is -1.84. The van der Waals surface area contributed by atoms with Crippen molar-refractivity contribution in [3.63, 3.8) is 0 Å². The molecule has 0 radical (unpaired) electrons. The van der Waals surface area contributed by atoms with Crippen LogP contribution < -0.4 is 0 Å². The highest BCUT2D eigenvalue weighted by Gasteiger charge is 2.12. The van der Waals surface area contributed by atoms with Gasteiger partial charge >= 0.3 is 0 Å². The van der Waals surface area contributed by atoms with Gasteiger partial charge in [-0.1, -0.05) is 48.6 Å². The lowest BCUT2D eigenvalue weighted by Gasteiger charge is -2.08. The Hall–Kier alpha value is -2.08. The highest BCUT2D eigenvalue weighted by molar-refractivity contribution is 6.15. The average Bonchev–Trinajstić information content (AvgIpc) is 2.77. The summed E-state index contributed by atoms with van der Waals surface area (Å²) in [6.07, 6.45) is 4.47. The summed E-state index contributed by atoms with van der Waals surface area (Å²) >= 11 is 0. The van der Waals surface area contributed by atoms with Crippen LogP contribution in [0.2, 0.25) is 0 Å². The van der Waals surface area contributed by atoms with E-state index in [-0.39, 0.29) is 0 Å². The van der Waals surface area contributed by atoms with Crippen LogP contribution in [-0.4, -0.2) is 0 Å². The third-order valence-electron chi connectivity index (χ3n) is 3.74. The van der Waals surface area contributed by atoms with Crippen LogP contribution in [0.3, 0.4) is 0 Å². The van der Waals surface area contributed by atoms with Crippen LogP contribution in [0.4, 0.5) is 0 Å². The van der Waals surface area contributed by atoms with Gasteiger partial charge in [-0.05, 0) is 51.2 Å². The number of fused-ring (bicyclic) bond motifs is 2. The first-order valence-corrected chi connectivity index (χ1v) is 5.98. The summed E-state index contributed by atoms with van der Waals surface area (Å²) in [6.45, 7) is 2.18. The molecule has 4 rings (SSSR count). The topological polar surface area (TPSA) is 0 Å². The molecule has 3 aromatic rings. The predicted molar refractivity (Wildman–Crippen MR) is 75.1 cm³/mol. The van der Waals surface area contributed by atoms with Crippen LogP contribution in [0, 0.1) is 6.92 Å². The van der Waals surface area contributed by atoms with Crippen molar-refractivity contribution in [1.82, 2.24) is 0 Å². The van der Waals surface area contributed by atoms with Crippen molar-refractivity contribution in [2.24, 2.45) is 0 Å². The van der Waals surface area contributed by atoms with Crippen molar-refractivity contribution in [3.8, 4) is 0 Å². The van der Waals surface area contributed by atoms with Gasteiger partial charge in [0.05, 0.1) is 0 Å². The van der Waals surface area contributed by atoms with E-state index in [1.54, 1.807) is 0 Å². The smallest absolute Gasteiger partial charge is 0.00324 e. The summed E-state index contributed by atoms with van der Waals surface area (Å²) in [5.41, 5.74) is 4.09. The van der Waals surface area contributed by atoms with E-state index in [0.29, 0.717) is 0 Å². The van der Waals surface area contributed by atoms with Crippen LogP contribution in [0.25, 0.3) is 33.7 Å². The summed E-state index contributed by atoms with van der Waals surface area (Å²) in [5, 5.41) is 5.51. The van der Waals surface area contributed by atoms with Crippen LogP contribution in [0.5, 0.6) is 0 Å². The Morgan fingerprint density at radius 2 is 1.71 bits per heavy atom. The minimum Gasteiger partial charge on any atom is -0.0613 e. The van der Waals surface area contributed by atoms with Crippen molar-refractivity contribution >= 4 is 33.7 Å². The third-order valence-corrected chi connectivity index (χ3v) is 3.74. The summed E-state index contributed by atoms with van der Waals surface area (Å²) < 4.78 is 0. The standard InChI is InChI=1S/C17H12/c1-11-4-2-7-14-15-9-8-12-5-3-6-13(17(12)15)10-16(11)14/h2-10H,1H3. The molecule has 0 bridgehead atoms. The van der Waals surface area contributed by atoms with Crippen molar-refractivity contribution in [1.29, 1.82) is 0 Å². The molecule has 3 aromatic carbocycles. The molecule has 0 heterocycles. The fourth-order valence-corrected chi connectivity index (χ4v) is 2.90. The van der Waals surface area contributed by atoms with Gasteiger partial charge in [-0.2, -0.15) is 0 Å². The minimum absolute atomic E-state index is 1.35. The van der Waals surface area contributed by atoms with Crippen molar-refractivity contribution in [2.75, 3.05) is 0 Å². The quantitative estimate of drug-likeness (QED) is 0.371. The van der Waals surface area contributed by atoms with E-state index in [2.05, 4.69) is 61.5 Å². The van der Waals surface area contributed by atoms with Crippen LogP contribution >= 0.6 is 0 Å². The summed E-state index contributed by atoms with van der Waals surface area (Å²) in [7, 11) is 0. The Balaban J connectivity index is 2.37. The molecule has 0 spiro atoms. The second kappa shape index (κ2) is 2.98. The molecule has 0 saturated heterocycles. The number of aryl methyl sites for hydroxylation is 1. The molecule has 0 saturated carbocycles. The fraction of sp³-hybridized carbons (Fsp3) is 0.0588. The van der Waals surface area contributed by atoms with E-state index in [9.17, 15) is 0 Å². The zero-order valence-electron chi connectivity index (χ0n) is 9.70. The number of hydrogen-bond donors (Lipinski definition) is 0. The Morgan fingerprint density at radius 3 is 2.65 bits per heavy atom. The zero-order chi connectivity index (χ0) is 11.4. The van der Waals surface area contributed by atoms with Crippen molar-refractivity contribution in [2.45, 2.75) is 6.92 Å². The van der Waals surface area contributed by atoms with Crippen LogP contribution in [-0.2, 0) is 0 Å². The molecular formula is C17H12. The largest absolute Gasteiger partial charge is 0.0613 e. The number of benzene rings is 3. The maximum Gasteiger partial charge on any atom is -0.00324 e. The molecule has 0 heteroatoms. The molecule has 0 unspecified atom stereocenters. The van der Waals surface area contributed by atoms with E-state index in [1.165, 1.54) is 38.2 Å².